The first-order chi connectivity index (χ1) is 18.2. The maximum Gasteiger partial charge on any atom is 0.490 e. The molecule has 10 nitrogen and oxygen atoms in total. The Morgan fingerprint density at radius 2 is 1.71 bits per heavy atom. The number of anilines is 1. The number of hydrogen-bond acceptors (Lipinski definition) is 7. The Hall–Kier alpha value is -4.00. The summed E-state index contributed by atoms with van der Waals surface area (Å²) in [5, 5.41) is 10.2. The number of nitrogens with zero attached hydrogens (tertiary/aromatic N) is 5. The van der Waals surface area contributed by atoms with Gasteiger partial charge in [-0.25, -0.2) is 14.8 Å². The molecule has 2 aliphatic rings. The minimum atomic E-state index is -5.08. The molecule has 1 aliphatic heterocycles. The second-order valence-electron chi connectivity index (χ2n) is 8.92. The normalized spacial score (nSPS) is 15.4. The van der Waals surface area contributed by atoms with Gasteiger partial charge in [0.05, 0.1) is 13.2 Å². The summed E-state index contributed by atoms with van der Waals surface area (Å²) >= 11 is 0. The summed E-state index contributed by atoms with van der Waals surface area (Å²) in [7, 11) is 0. The van der Waals surface area contributed by atoms with Gasteiger partial charge < -0.3 is 24.6 Å². The molecule has 1 amide bonds. The fraction of sp³-hybridized carbons (Fsp3) is 0.400. The highest BCUT2D eigenvalue weighted by Gasteiger charge is 2.38. The quantitative estimate of drug-likeness (QED) is 0.476. The van der Waals surface area contributed by atoms with Gasteiger partial charge in [-0.1, -0.05) is 0 Å². The lowest BCUT2D eigenvalue weighted by atomic mass is 10.2. The van der Waals surface area contributed by atoms with Crippen LogP contribution in [0.1, 0.15) is 28.9 Å². The summed E-state index contributed by atoms with van der Waals surface area (Å²) in [6.45, 7) is 4.35. The van der Waals surface area contributed by atoms with Gasteiger partial charge in [0, 0.05) is 68.3 Å². The molecule has 13 heteroatoms. The number of carboxylic acid groups (broad SMARTS) is 1. The maximum atomic E-state index is 12.9. The fourth-order valence-corrected chi connectivity index (χ4v) is 3.76. The van der Waals surface area contributed by atoms with Crippen LogP contribution < -0.4 is 10.2 Å². The smallest absolute Gasteiger partial charge is 0.475 e. The SMILES string of the molecule is O=C(NCc1ccncc1)c1cc(-c2cnc(N3CCOCC3)nc2)cn1CC1CC1.O=C(O)C(F)(F)F. The molecular formula is C25H27F3N6O4. The number of hydrogen-bond donors (Lipinski definition) is 2. The number of carboxylic acids is 1. The van der Waals surface area contributed by atoms with Crippen LogP contribution in [0.5, 0.6) is 0 Å². The zero-order chi connectivity index (χ0) is 27.1. The van der Waals surface area contributed by atoms with Crippen LogP contribution in [0.3, 0.4) is 0 Å². The average molecular weight is 533 g/mol. The predicted octanol–water partition coefficient (Wildman–Crippen LogP) is 3.15. The topological polar surface area (TPSA) is 122 Å². The van der Waals surface area contributed by atoms with Gasteiger partial charge in [-0.3, -0.25) is 9.78 Å². The summed E-state index contributed by atoms with van der Waals surface area (Å²) in [6, 6.07) is 5.75. The van der Waals surface area contributed by atoms with Gasteiger partial charge in [-0.15, -0.1) is 0 Å². The number of pyridine rings is 1. The fourth-order valence-electron chi connectivity index (χ4n) is 3.76. The van der Waals surface area contributed by atoms with Gasteiger partial charge in [-0.05, 0) is 42.5 Å². The Labute approximate surface area is 216 Å². The van der Waals surface area contributed by atoms with Crippen LogP contribution in [-0.2, 0) is 22.6 Å². The molecule has 3 aromatic rings. The number of carbonyl (C=O) groups excluding carboxylic acids is 1. The molecule has 4 heterocycles. The van der Waals surface area contributed by atoms with Gasteiger partial charge in [0.2, 0.25) is 5.95 Å². The van der Waals surface area contributed by atoms with Crippen molar-refractivity contribution in [2.75, 3.05) is 31.2 Å². The first-order valence-corrected chi connectivity index (χ1v) is 12.0. The molecule has 3 aromatic heterocycles. The zero-order valence-electron chi connectivity index (χ0n) is 20.4. The summed E-state index contributed by atoms with van der Waals surface area (Å²) in [5.41, 5.74) is 3.57. The van der Waals surface area contributed by atoms with E-state index in [-0.39, 0.29) is 5.91 Å². The second kappa shape index (κ2) is 12.0. The number of halogens is 3. The van der Waals surface area contributed by atoms with Crippen LogP contribution in [0.15, 0.2) is 49.2 Å². The number of amides is 1. The van der Waals surface area contributed by atoms with Crippen LogP contribution >= 0.6 is 0 Å². The van der Waals surface area contributed by atoms with Crippen molar-refractivity contribution < 1.29 is 32.6 Å². The van der Waals surface area contributed by atoms with Crippen LogP contribution in [0.4, 0.5) is 19.1 Å². The van der Waals surface area contributed by atoms with Crippen LogP contribution in [-0.4, -0.2) is 69.0 Å². The molecule has 38 heavy (non-hydrogen) atoms. The molecule has 2 N–H and O–H groups in total. The van der Waals surface area contributed by atoms with Crippen LogP contribution in [0, 0.1) is 5.92 Å². The minimum Gasteiger partial charge on any atom is -0.475 e. The second-order valence-corrected chi connectivity index (χ2v) is 8.92. The van der Waals surface area contributed by atoms with E-state index in [0.29, 0.717) is 31.4 Å². The highest BCUT2D eigenvalue weighted by molar-refractivity contribution is 5.94. The number of carbonyl (C=O) groups is 2. The van der Waals surface area contributed by atoms with E-state index in [1.165, 1.54) is 12.8 Å². The van der Waals surface area contributed by atoms with Gasteiger partial charge >= 0.3 is 12.1 Å². The molecular weight excluding hydrogens is 505 g/mol. The largest absolute Gasteiger partial charge is 0.490 e. The predicted molar refractivity (Wildman–Crippen MR) is 130 cm³/mol. The Balaban J connectivity index is 0.000000426. The molecule has 0 unspecified atom stereocenters. The third-order valence-electron chi connectivity index (χ3n) is 5.99. The molecule has 1 saturated carbocycles. The third-order valence-corrected chi connectivity index (χ3v) is 5.99. The monoisotopic (exact) mass is 532 g/mol. The van der Waals surface area contributed by atoms with Crippen molar-refractivity contribution in [1.82, 2.24) is 24.8 Å². The van der Waals surface area contributed by atoms with Crippen molar-refractivity contribution in [3.05, 3.63) is 60.4 Å². The van der Waals surface area contributed by atoms with Crippen molar-refractivity contribution in [2.45, 2.75) is 32.1 Å². The van der Waals surface area contributed by atoms with E-state index >= 15 is 0 Å². The number of nitrogens with one attached hydrogen (secondary N) is 1. The average Bonchev–Trinajstić information content (AvgIpc) is 3.64. The van der Waals surface area contributed by atoms with E-state index in [2.05, 4.69) is 29.7 Å². The Kier molecular flexibility index (Phi) is 8.56. The third kappa shape index (κ3) is 7.51. The van der Waals surface area contributed by atoms with E-state index in [1.807, 2.05) is 36.8 Å². The summed E-state index contributed by atoms with van der Waals surface area (Å²) in [6.07, 6.45) is 6.56. The van der Waals surface area contributed by atoms with E-state index < -0.39 is 12.1 Å². The highest BCUT2D eigenvalue weighted by atomic mass is 19.4. The molecule has 1 aliphatic carbocycles. The van der Waals surface area contributed by atoms with Crippen LogP contribution in [0.2, 0.25) is 0 Å². The van der Waals surface area contributed by atoms with Gasteiger partial charge in [-0.2, -0.15) is 13.2 Å². The van der Waals surface area contributed by atoms with Crippen molar-refractivity contribution in [3.8, 4) is 11.1 Å². The standard InChI is InChI=1S/C23H26N6O2.C2HF3O2/c30-22(25-12-17-3-5-24-6-4-17)21-11-19(16-29(21)15-18-1-2-18)20-13-26-23(27-14-20)28-7-9-31-10-8-28;3-2(4,5)1(6)7/h3-6,11,13-14,16,18H,1-2,7-10,12,15H2,(H,25,30);(H,6,7). The molecule has 202 valence electrons. The summed E-state index contributed by atoms with van der Waals surface area (Å²) < 4.78 is 39.2. The van der Waals surface area contributed by atoms with Crippen molar-refractivity contribution in [3.63, 3.8) is 0 Å². The number of aromatic nitrogens is 4. The van der Waals surface area contributed by atoms with E-state index in [4.69, 9.17) is 14.6 Å². The number of alkyl halides is 3. The van der Waals surface area contributed by atoms with E-state index in [0.717, 1.165) is 42.3 Å². The van der Waals surface area contributed by atoms with Crippen LogP contribution in [0.25, 0.3) is 11.1 Å². The van der Waals surface area contributed by atoms with Crippen molar-refractivity contribution in [1.29, 1.82) is 0 Å². The summed E-state index contributed by atoms with van der Waals surface area (Å²) in [5.74, 6) is -1.45. The maximum absolute atomic E-state index is 12.9. The molecule has 0 bridgehead atoms. The minimum absolute atomic E-state index is 0.0745. The molecule has 0 radical (unpaired) electrons. The Morgan fingerprint density at radius 1 is 1.08 bits per heavy atom. The van der Waals surface area contributed by atoms with Crippen molar-refractivity contribution >= 4 is 17.8 Å². The molecule has 0 spiro atoms. The first kappa shape index (κ1) is 27.0. The number of ether oxygens (including phenoxy) is 1. The van der Waals surface area contributed by atoms with Gasteiger partial charge in [0.15, 0.2) is 0 Å². The molecule has 1 saturated heterocycles. The van der Waals surface area contributed by atoms with E-state index in [1.54, 1.807) is 12.4 Å². The first-order valence-electron chi connectivity index (χ1n) is 12.0. The lowest BCUT2D eigenvalue weighted by Crippen LogP contribution is -2.37. The van der Waals surface area contributed by atoms with Crippen molar-refractivity contribution in [2.24, 2.45) is 5.92 Å². The van der Waals surface area contributed by atoms with Gasteiger partial charge in [0.25, 0.3) is 5.91 Å². The molecule has 2 fully saturated rings. The Morgan fingerprint density at radius 3 is 2.29 bits per heavy atom. The molecule has 0 aromatic carbocycles. The highest BCUT2D eigenvalue weighted by Crippen LogP contribution is 2.32. The van der Waals surface area contributed by atoms with E-state index in [9.17, 15) is 18.0 Å². The lowest BCUT2D eigenvalue weighted by molar-refractivity contribution is -0.192. The molecule has 5 rings (SSSR count). The lowest BCUT2D eigenvalue weighted by Gasteiger charge is -2.26. The summed E-state index contributed by atoms with van der Waals surface area (Å²) in [4.78, 5) is 37.1. The number of aliphatic carboxylic acids is 1. The molecule has 0 atom stereocenters. The number of morpholine rings is 1. The van der Waals surface area contributed by atoms with Gasteiger partial charge in [0.1, 0.15) is 5.69 Å². The number of rotatable bonds is 7. The Bertz CT molecular complexity index is 1220. The zero-order valence-corrected chi connectivity index (χ0v) is 20.4.